The van der Waals surface area contributed by atoms with E-state index < -0.39 is 0 Å². The van der Waals surface area contributed by atoms with Gasteiger partial charge in [-0.25, -0.2) is 4.98 Å². The van der Waals surface area contributed by atoms with Crippen LogP contribution < -0.4 is 5.32 Å². The molecule has 0 aliphatic rings. The Hall–Kier alpha value is -0.670. The highest BCUT2D eigenvalue weighted by atomic mass is 32.1. The van der Waals surface area contributed by atoms with Gasteiger partial charge in [0.2, 0.25) is 0 Å². The van der Waals surface area contributed by atoms with Gasteiger partial charge in [0.05, 0.1) is 5.01 Å². The summed E-state index contributed by atoms with van der Waals surface area (Å²) in [7, 11) is 0. The van der Waals surface area contributed by atoms with Crippen LogP contribution in [0.25, 0.3) is 0 Å². The summed E-state index contributed by atoms with van der Waals surface area (Å²) in [4.78, 5) is 4.46. The van der Waals surface area contributed by atoms with E-state index in [1.54, 1.807) is 11.3 Å². The number of thiazole rings is 1. The first-order valence-corrected chi connectivity index (χ1v) is 6.37. The number of nitrogens with one attached hydrogen (secondary N) is 1. The highest BCUT2D eigenvalue weighted by Gasteiger charge is 1.99. The zero-order chi connectivity index (χ0) is 11.1. The number of aromatic nitrogens is 1. The molecular formula is C12H20N2S. The minimum absolute atomic E-state index is 1.00. The number of hydrogen-bond acceptors (Lipinski definition) is 3. The fourth-order valence-electron chi connectivity index (χ4n) is 1.39. The van der Waals surface area contributed by atoms with E-state index >= 15 is 0 Å². The molecule has 0 bridgehead atoms. The lowest BCUT2D eigenvalue weighted by atomic mass is 10.2. The van der Waals surface area contributed by atoms with Crippen LogP contribution in [0.2, 0.25) is 0 Å². The SMILES string of the molecule is CCNCCC=C(C)Cc1nc(C)cs1. The van der Waals surface area contributed by atoms with Crippen LogP contribution in [0.5, 0.6) is 0 Å². The Morgan fingerprint density at radius 3 is 3.00 bits per heavy atom. The molecule has 0 fully saturated rings. The fraction of sp³-hybridized carbons (Fsp3) is 0.583. The molecule has 1 heterocycles. The second kappa shape index (κ2) is 6.75. The van der Waals surface area contributed by atoms with Crippen LogP contribution in [0, 0.1) is 6.92 Å². The molecule has 1 N–H and O–H groups in total. The first-order chi connectivity index (χ1) is 7.22. The minimum atomic E-state index is 1.00. The molecule has 84 valence electrons. The van der Waals surface area contributed by atoms with Crippen molar-refractivity contribution in [2.45, 2.75) is 33.6 Å². The molecule has 15 heavy (non-hydrogen) atoms. The average molecular weight is 224 g/mol. The van der Waals surface area contributed by atoms with Gasteiger partial charge in [-0.05, 0) is 33.4 Å². The summed E-state index contributed by atoms with van der Waals surface area (Å²) < 4.78 is 0. The lowest BCUT2D eigenvalue weighted by Crippen LogP contribution is -2.13. The molecule has 2 nitrogen and oxygen atoms in total. The topological polar surface area (TPSA) is 24.9 Å². The summed E-state index contributed by atoms with van der Waals surface area (Å²) in [6.07, 6.45) is 4.42. The van der Waals surface area contributed by atoms with Gasteiger partial charge in [0, 0.05) is 17.5 Å². The molecule has 0 aromatic carbocycles. The van der Waals surface area contributed by atoms with Crippen molar-refractivity contribution in [3.63, 3.8) is 0 Å². The van der Waals surface area contributed by atoms with Gasteiger partial charge in [-0.2, -0.15) is 0 Å². The van der Waals surface area contributed by atoms with Gasteiger partial charge >= 0.3 is 0 Å². The van der Waals surface area contributed by atoms with Gasteiger partial charge in [-0.1, -0.05) is 18.6 Å². The van der Waals surface area contributed by atoms with Crippen molar-refractivity contribution < 1.29 is 0 Å². The van der Waals surface area contributed by atoms with Gasteiger partial charge in [0.1, 0.15) is 0 Å². The van der Waals surface area contributed by atoms with Crippen LogP contribution in [-0.2, 0) is 6.42 Å². The molecule has 0 amide bonds. The maximum atomic E-state index is 4.46. The Kier molecular flexibility index (Phi) is 5.58. The first kappa shape index (κ1) is 12.4. The molecule has 0 aliphatic heterocycles. The molecule has 1 aromatic rings. The highest BCUT2D eigenvalue weighted by Crippen LogP contribution is 2.13. The second-order valence-electron chi connectivity index (χ2n) is 3.75. The molecular weight excluding hydrogens is 204 g/mol. The normalized spacial score (nSPS) is 12.1. The van der Waals surface area contributed by atoms with Crippen molar-refractivity contribution >= 4 is 11.3 Å². The molecule has 0 spiro atoms. The summed E-state index contributed by atoms with van der Waals surface area (Å²) in [6, 6.07) is 0. The van der Waals surface area contributed by atoms with Crippen molar-refractivity contribution in [3.8, 4) is 0 Å². The maximum Gasteiger partial charge on any atom is 0.0968 e. The number of nitrogens with zero attached hydrogens (tertiary/aromatic N) is 1. The predicted octanol–water partition coefficient (Wildman–Crippen LogP) is 2.94. The Bertz CT molecular complexity index is 315. The maximum absolute atomic E-state index is 4.46. The fourth-order valence-corrected chi connectivity index (χ4v) is 2.26. The molecule has 0 radical (unpaired) electrons. The van der Waals surface area contributed by atoms with Crippen LogP contribution in [0.15, 0.2) is 17.0 Å². The van der Waals surface area contributed by atoms with E-state index in [4.69, 9.17) is 0 Å². The van der Waals surface area contributed by atoms with E-state index in [0.717, 1.165) is 31.6 Å². The molecule has 1 rings (SSSR count). The Balaban J connectivity index is 2.31. The van der Waals surface area contributed by atoms with E-state index in [-0.39, 0.29) is 0 Å². The second-order valence-corrected chi connectivity index (χ2v) is 4.69. The summed E-state index contributed by atoms with van der Waals surface area (Å²) >= 11 is 1.75. The standard InChI is InChI=1S/C12H20N2S/c1-4-13-7-5-6-10(2)8-12-14-11(3)9-15-12/h6,9,13H,4-5,7-8H2,1-3H3. The van der Waals surface area contributed by atoms with Crippen LogP contribution in [-0.4, -0.2) is 18.1 Å². The quantitative estimate of drug-likeness (QED) is 0.593. The highest BCUT2D eigenvalue weighted by molar-refractivity contribution is 7.09. The van der Waals surface area contributed by atoms with Gasteiger partial charge in [-0.15, -0.1) is 11.3 Å². The Morgan fingerprint density at radius 1 is 1.60 bits per heavy atom. The third-order valence-corrected chi connectivity index (χ3v) is 3.13. The average Bonchev–Trinajstić information content (AvgIpc) is 2.59. The van der Waals surface area contributed by atoms with Crippen LogP contribution in [0.3, 0.4) is 0 Å². The number of aryl methyl sites for hydroxylation is 1. The number of allylic oxidation sites excluding steroid dienone is 1. The molecule has 3 heteroatoms. The van der Waals surface area contributed by atoms with Gasteiger partial charge in [0.15, 0.2) is 0 Å². The molecule has 0 atom stereocenters. The number of rotatable bonds is 6. The first-order valence-electron chi connectivity index (χ1n) is 5.49. The van der Waals surface area contributed by atoms with Crippen molar-refractivity contribution in [3.05, 3.63) is 27.7 Å². The third-order valence-electron chi connectivity index (χ3n) is 2.16. The van der Waals surface area contributed by atoms with Crippen molar-refractivity contribution in [2.75, 3.05) is 13.1 Å². The lowest BCUT2D eigenvalue weighted by molar-refractivity contribution is 0.724. The minimum Gasteiger partial charge on any atom is -0.317 e. The summed E-state index contributed by atoms with van der Waals surface area (Å²) in [5.41, 5.74) is 2.55. The monoisotopic (exact) mass is 224 g/mol. The van der Waals surface area contributed by atoms with E-state index in [2.05, 4.69) is 35.6 Å². The zero-order valence-electron chi connectivity index (χ0n) is 9.84. The summed E-state index contributed by atoms with van der Waals surface area (Å²) in [5.74, 6) is 0. The van der Waals surface area contributed by atoms with E-state index in [9.17, 15) is 0 Å². The largest absolute Gasteiger partial charge is 0.317 e. The Morgan fingerprint density at radius 2 is 2.40 bits per heavy atom. The van der Waals surface area contributed by atoms with Gasteiger partial charge in [-0.3, -0.25) is 0 Å². The van der Waals surface area contributed by atoms with Crippen molar-refractivity contribution in [1.29, 1.82) is 0 Å². The predicted molar refractivity (Wildman–Crippen MR) is 67.5 cm³/mol. The van der Waals surface area contributed by atoms with Crippen LogP contribution in [0.1, 0.15) is 31.0 Å². The molecule has 1 aromatic heterocycles. The molecule has 0 saturated heterocycles. The zero-order valence-corrected chi connectivity index (χ0v) is 10.7. The Labute approximate surface area is 96.4 Å². The summed E-state index contributed by atoms with van der Waals surface area (Å²) in [5, 5.41) is 6.65. The van der Waals surface area contributed by atoms with Crippen LogP contribution >= 0.6 is 11.3 Å². The van der Waals surface area contributed by atoms with Crippen molar-refractivity contribution in [1.82, 2.24) is 10.3 Å². The van der Waals surface area contributed by atoms with E-state index in [1.807, 2.05) is 6.92 Å². The smallest absolute Gasteiger partial charge is 0.0968 e. The van der Waals surface area contributed by atoms with E-state index in [1.165, 1.54) is 10.6 Å². The summed E-state index contributed by atoms with van der Waals surface area (Å²) in [6.45, 7) is 8.49. The number of hydrogen-bond donors (Lipinski definition) is 1. The van der Waals surface area contributed by atoms with E-state index in [0.29, 0.717) is 0 Å². The lowest BCUT2D eigenvalue weighted by Gasteiger charge is -1.99. The van der Waals surface area contributed by atoms with Gasteiger partial charge < -0.3 is 5.32 Å². The third kappa shape index (κ3) is 5.09. The molecule has 0 saturated carbocycles. The molecule has 0 unspecified atom stereocenters. The van der Waals surface area contributed by atoms with Crippen molar-refractivity contribution in [2.24, 2.45) is 0 Å². The van der Waals surface area contributed by atoms with Crippen LogP contribution in [0.4, 0.5) is 0 Å². The molecule has 0 aliphatic carbocycles. The van der Waals surface area contributed by atoms with Gasteiger partial charge in [0.25, 0.3) is 0 Å².